The molecule has 6 nitrogen and oxygen atoms in total. The van der Waals surface area contributed by atoms with Crippen LogP contribution in [-0.2, 0) is 6.42 Å². The van der Waals surface area contributed by atoms with Crippen molar-refractivity contribution in [2.45, 2.75) is 63.3 Å². The molecule has 0 spiro atoms. The van der Waals surface area contributed by atoms with E-state index in [1.54, 1.807) is 13.2 Å². The number of benzene rings is 2. The third kappa shape index (κ3) is 6.02. The van der Waals surface area contributed by atoms with Crippen molar-refractivity contribution in [2.24, 2.45) is 5.73 Å². The van der Waals surface area contributed by atoms with Crippen LogP contribution in [0.15, 0.2) is 36.4 Å². The molecule has 1 aliphatic rings. The molecule has 0 aliphatic heterocycles. The van der Waals surface area contributed by atoms with Crippen LogP contribution < -0.4 is 15.8 Å². The number of carbonyl (C=O) groups excluding carboxylic acids is 1. The van der Waals surface area contributed by atoms with Gasteiger partial charge < -0.3 is 26.0 Å². The quantitative estimate of drug-likeness (QED) is 0.223. The zero-order valence-electron chi connectivity index (χ0n) is 19.0. The van der Waals surface area contributed by atoms with E-state index in [0.29, 0.717) is 24.3 Å². The van der Waals surface area contributed by atoms with Gasteiger partial charge in [-0.1, -0.05) is 37.5 Å². The summed E-state index contributed by atoms with van der Waals surface area (Å²) in [4.78, 5) is 12.3. The highest BCUT2D eigenvalue weighted by molar-refractivity contribution is 5.98. The third-order valence-electron chi connectivity index (χ3n) is 6.50. The molecule has 2 aromatic rings. The molecule has 6 heteroatoms. The molecule has 5 N–H and O–H groups in total. The van der Waals surface area contributed by atoms with Gasteiger partial charge in [0.15, 0.2) is 17.3 Å². The number of Topliss-reactive ketones (excluding diaryl/α,β-unsaturated/α-hetero) is 1. The summed E-state index contributed by atoms with van der Waals surface area (Å²) in [6, 6.07) is 10.9. The largest absolute Gasteiger partial charge is 0.504 e. The van der Waals surface area contributed by atoms with E-state index in [2.05, 4.69) is 5.32 Å². The maximum atomic E-state index is 12.3. The highest BCUT2D eigenvalue weighted by Gasteiger charge is 2.29. The number of ether oxygens (including phenoxy) is 1. The van der Waals surface area contributed by atoms with E-state index >= 15 is 0 Å². The summed E-state index contributed by atoms with van der Waals surface area (Å²) in [7, 11) is 1.58. The van der Waals surface area contributed by atoms with Crippen LogP contribution in [0.5, 0.6) is 17.2 Å². The predicted molar refractivity (Wildman–Crippen MR) is 127 cm³/mol. The summed E-state index contributed by atoms with van der Waals surface area (Å²) in [5, 5.41) is 23.3. The summed E-state index contributed by atoms with van der Waals surface area (Å²) in [6.45, 7) is 1.57. The highest BCUT2D eigenvalue weighted by Crippen LogP contribution is 2.42. The van der Waals surface area contributed by atoms with Gasteiger partial charge in [-0.15, -0.1) is 0 Å². The molecule has 0 aromatic heterocycles. The minimum atomic E-state index is -0.0462. The van der Waals surface area contributed by atoms with Gasteiger partial charge in [-0.05, 0) is 61.9 Å². The number of nitrogens with one attached hydrogen (secondary N) is 1. The number of para-hydroxylation sites is 1. The lowest BCUT2D eigenvalue weighted by atomic mass is 9.76. The van der Waals surface area contributed by atoms with Crippen molar-refractivity contribution in [3.8, 4) is 17.2 Å². The Bertz CT molecular complexity index is 899. The Labute approximate surface area is 190 Å². The van der Waals surface area contributed by atoms with E-state index in [1.165, 1.54) is 0 Å². The van der Waals surface area contributed by atoms with Crippen molar-refractivity contribution >= 4 is 5.78 Å². The molecule has 32 heavy (non-hydrogen) atoms. The summed E-state index contributed by atoms with van der Waals surface area (Å²) in [5.74, 6) is 0.942. The Morgan fingerprint density at radius 3 is 2.69 bits per heavy atom. The average molecular weight is 441 g/mol. The number of methoxy groups -OCH3 is 1. The fraction of sp³-hybridized carbons (Fsp3) is 0.500. The number of carbonyl (C=O) groups is 1. The Kier molecular flexibility index (Phi) is 8.94. The molecule has 0 saturated heterocycles. The maximum absolute atomic E-state index is 12.3. The number of rotatable bonds is 12. The van der Waals surface area contributed by atoms with Gasteiger partial charge in [0.2, 0.25) is 0 Å². The maximum Gasteiger partial charge on any atom is 0.167 e. The van der Waals surface area contributed by atoms with Crippen LogP contribution in [0.4, 0.5) is 0 Å². The van der Waals surface area contributed by atoms with Gasteiger partial charge in [0.05, 0.1) is 12.7 Å². The summed E-state index contributed by atoms with van der Waals surface area (Å²) >= 11 is 0. The van der Waals surface area contributed by atoms with Crippen molar-refractivity contribution in [3.63, 3.8) is 0 Å². The number of ketones is 1. The molecule has 0 amide bonds. The number of aromatic hydroxyl groups is 2. The number of phenols is 2. The molecule has 0 radical (unpaired) electrons. The van der Waals surface area contributed by atoms with Crippen molar-refractivity contribution < 1.29 is 19.7 Å². The van der Waals surface area contributed by atoms with Gasteiger partial charge in [0, 0.05) is 24.6 Å². The number of phenolic OH excluding ortho intramolecular Hbond substituents is 2. The van der Waals surface area contributed by atoms with Gasteiger partial charge >= 0.3 is 0 Å². The first kappa shape index (κ1) is 24.1. The SMILES string of the molecule is COc1ccccc1C(=O)CCNCCCCCCC1c2ccc(O)c(O)c2CCC1N. The van der Waals surface area contributed by atoms with Gasteiger partial charge in [0.1, 0.15) is 5.75 Å². The Morgan fingerprint density at radius 1 is 1.09 bits per heavy atom. The number of fused-ring (bicyclic) bond motifs is 1. The smallest absolute Gasteiger partial charge is 0.167 e. The topological polar surface area (TPSA) is 105 Å². The normalized spacial score (nSPS) is 17.7. The molecular formula is C26H36N2O4. The van der Waals surface area contributed by atoms with E-state index in [4.69, 9.17) is 10.5 Å². The van der Waals surface area contributed by atoms with Crippen LogP contribution in [0.25, 0.3) is 0 Å². The fourth-order valence-corrected chi connectivity index (χ4v) is 4.67. The predicted octanol–water partition coefficient (Wildman–Crippen LogP) is 4.28. The second-order valence-corrected chi connectivity index (χ2v) is 8.64. The molecule has 0 bridgehead atoms. The second kappa shape index (κ2) is 11.9. The first-order valence-electron chi connectivity index (χ1n) is 11.7. The molecule has 2 atom stereocenters. The van der Waals surface area contributed by atoms with Crippen molar-refractivity contribution in [1.29, 1.82) is 0 Å². The van der Waals surface area contributed by atoms with Crippen LogP contribution in [-0.4, -0.2) is 42.2 Å². The Hall–Kier alpha value is -2.57. The lowest BCUT2D eigenvalue weighted by Gasteiger charge is -2.32. The van der Waals surface area contributed by atoms with Gasteiger partial charge in [-0.25, -0.2) is 0 Å². The van der Waals surface area contributed by atoms with Gasteiger partial charge in [-0.3, -0.25) is 4.79 Å². The van der Waals surface area contributed by atoms with Crippen LogP contribution in [0.3, 0.4) is 0 Å². The van der Waals surface area contributed by atoms with Crippen LogP contribution >= 0.6 is 0 Å². The second-order valence-electron chi connectivity index (χ2n) is 8.64. The Morgan fingerprint density at radius 2 is 1.88 bits per heavy atom. The number of nitrogens with two attached hydrogens (primary N) is 1. The lowest BCUT2D eigenvalue weighted by Crippen LogP contribution is -2.33. The minimum Gasteiger partial charge on any atom is -0.504 e. The van der Waals surface area contributed by atoms with E-state index in [0.717, 1.165) is 62.6 Å². The van der Waals surface area contributed by atoms with E-state index < -0.39 is 0 Å². The number of hydrogen-bond donors (Lipinski definition) is 4. The first-order chi connectivity index (χ1) is 15.5. The third-order valence-corrected chi connectivity index (χ3v) is 6.50. The molecule has 2 aromatic carbocycles. The van der Waals surface area contributed by atoms with Crippen LogP contribution in [0.1, 0.15) is 72.3 Å². The van der Waals surface area contributed by atoms with Crippen molar-refractivity contribution in [1.82, 2.24) is 5.32 Å². The summed E-state index contributed by atoms with van der Waals surface area (Å²) < 4.78 is 5.26. The van der Waals surface area contributed by atoms with Crippen molar-refractivity contribution in [3.05, 3.63) is 53.1 Å². The highest BCUT2D eigenvalue weighted by atomic mass is 16.5. The van der Waals surface area contributed by atoms with Crippen LogP contribution in [0, 0.1) is 0 Å². The van der Waals surface area contributed by atoms with Crippen LogP contribution in [0.2, 0.25) is 0 Å². The van der Waals surface area contributed by atoms with E-state index in [1.807, 2.05) is 30.3 Å². The molecule has 2 unspecified atom stereocenters. The standard InChI is InChI=1S/C26H36N2O4/c1-32-25-10-6-5-9-21(25)23(29)15-17-28-16-7-3-2-4-8-19-18-12-14-24(30)26(31)20(18)11-13-22(19)27/h5-6,9-10,12,14,19,22,28,30-31H,2-4,7-8,11,13,15-17,27H2,1H3. The Balaban J connectivity index is 1.31. The molecule has 174 valence electrons. The molecule has 0 heterocycles. The minimum absolute atomic E-state index is 0.0228. The monoisotopic (exact) mass is 440 g/mol. The molecule has 3 rings (SSSR count). The number of hydrogen-bond acceptors (Lipinski definition) is 6. The first-order valence-corrected chi connectivity index (χ1v) is 11.7. The molecular weight excluding hydrogens is 404 g/mol. The lowest BCUT2D eigenvalue weighted by molar-refractivity contribution is 0.0979. The molecule has 0 fully saturated rings. The average Bonchev–Trinajstić information content (AvgIpc) is 2.81. The number of unbranched alkanes of at least 4 members (excludes halogenated alkanes) is 3. The van der Waals surface area contributed by atoms with Gasteiger partial charge in [-0.2, -0.15) is 0 Å². The zero-order chi connectivity index (χ0) is 22.9. The van der Waals surface area contributed by atoms with E-state index in [-0.39, 0.29) is 29.2 Å². The summed E-state index contributed by atoms with van der Waals surface area (Å²) in [6.07, 6.45) is 7.44. The molecule has 1 aliphatic carbocycles. The van der Waals surface area contributed by atoms with E-state index in [9.17, 15) is 15.0 Å². The molecule has 0 saturated carbocycles. The zero-order valence-corrected chi connectivity index (χ0v) is 19.0. The van der Waals surface area contributed by atoms with Gasteiger partial charge in [0.25, 0.3) is 0 Å². The summed E-state index contributed by atoms with van der Waals surface area (Å²) in [5.41, 5.74) is 8.98. The fourth-order valence-electron chi connectivity index (χ4n) is 4.67. The van der Waals surface area contributed by atoms with Crippen molar-refractivity contribution in [2.75, 3.05) is 20.2 Å².